The first-order valence-corrected chi connectivity index (χ1v) is 9.09. The van der Waals surface area contributed by atoms with Crippen molar-refractivity contribution < 1.29 is 22.4 Å². The zero-order chi connectivity index (χ0) is 22.0. The summed E-state index contributed by atoms with van der Waals surface area (Å²) in [6, 6.07) is 13.4. The molecule has 0 unspecified atom stereocenters. The summed E-state index contributed by atoms with van der Waals surface area (Å²) in [5, 5.41) is 4.12. The van der Waals surface area contributed by atoms with Crippen LogP contribution in [0.25, 0.3) is 28.0 Å². The van der Waals surface area contributed by atoms with Crippen LogP contribution in [0.1, 0.15) is 0 Å². The van der Waals surface area contributed by atoms with Crippen molar-refractivity contribution in [3.63, 3.8) is 0 Å². The van der Waals surface area contributed by atoms with Crippen LogP contribution in [-0.2, 0) is 0 Å². The Morgan fingerprint density at radius 3 is 2.52 bits per heavy atom. The standard InChI is InChI=1S/C21H15F4N5O/c22-15-6-4-13(5-7-15)14-8-18-19(26-10-14)30(12-28-18)17-3-1-2-16(9-17)29-20(31)27-11-21(23,24)25/h1-10,12H,11H2,(H2,27,29,31). The molecule has 0 bridgehead atoms. The third-order valence-corrected chi connectivity index (χ3v) is 4.40. The SMILES string of the molecule is O=C(NCC(F)(F)F)Nc1cccc(-n2cnc3cc(-c4ccc(F)cc4)cnc32)c1. The lowest BCUT2D eigenvalue weighted by atomic mass is 10.1. The van der Waals surface area contributed by atoms with Crippen molar-refractivity contribution in [2.75, 3.05) is 11.9 Å². The van der Waals surface area contributed by atoms with E-state index in [0.29, 0.717) is 22.5 Å². The van der Waals surface area contributed by atoms with Gasteiger partial charge in [0.2, 0.25) is 0 Å². The van der Waals surface area contributed by atoms with Gasteiger partial charge in [0.25, 0.3) is 0 Å². The molecule has 0 saturated heterocycles. The maximum atomic E-state index is 13.1. The number of alkyl halides is 3. The van der Waals surface area contributed by atoms with Crippen molar-refractivity contribution in [2.45, 2.75) is 6.18 Å². The molecule has 2 N–H and O–H groups in total. The highest BCUT2D eigenvalue weighted by Gasteiger charge is 2.27. The van der Waals surface area contributed by atoms with Gasteiger partial charge in [-0.05, 0) is 42.0 Å². The van der Waals surface area contributed by atoms with Crippen LogP contribution in [-0.4, -0.2) is 33.3 Å². The minimum Gasteiger partial charge on any atom is -0.329 e. The summed E-state index contributed by atoms with van der Waals surface area (Å²) in [6.07, 6.45) is -1.30. The highest BCUT2D eigenvalue weighted by Crippen LogP contribution is 2.25. The second-order valence-electron chi connectivity index (χ2n) is 6.66. The van der Waals surface area contributed by atoms with Crippen LogP contribution in [0.2, 0.25) is 0 Å². The van der Waals surface area contributed by atoms with Crippen LogP contribution in [0.5, 0.6) is 0 Å². The highest BCUT2D eigenvalue weighted by atomic mass is 19.4. The third kappa shape index (κ3) is 4.80. The van der Waals surface area contributed by atoms with Crippen LogP contribution >= 0.6 is 0 Å². The molecule has 2 heterocycles. The first kappa shape index (κ1) is 20.3. The largest absolute Gasteiger partial charge is 0.405 e. The van der Waals surface area contributed by atoms with Crippen LogP contribution in [0.4, 0.5) is 28.0 Å². The molecule has 4 rings (SSSR count). The fraction of sp³-hybridized carbons (Fsp3) is 0.0952. The van der Waals surface area contributed by atoms with Crippen LogP contribution in [0, 0.1) is 5.82 Å². The summed E-state index contributed by atoms with van der Waals surface area (Å²) in [7, 11) is 0. The number of carbonyl (C=O) groups excluding carboxylic acids is 1. The molecule has 10 heteroatoms. The van der Waals surface area contributed by atoms with Crippen molar-refractivity contribution in [1.82, 2.24) is 19.9 Å². The van der Waals surface area contributed by atoms with Gasteiger partial charge in [-0.3, -0.25) is 4.57 Å². The van der Waals surface area contributed by atoms with Gasteiger partial charge in [-0.1, -0.05) is 18.2 Å². The average Bonchev–Trinajstić information content (AvgIpc) is 3.16. The predicted octanol–water partition coefficient (Wildman–Crippen LogP) is 4.91. The summed E-state index contributed by atoms with van der Waals surface area (Å²) in [5.41, 5.74) is 3.63. The van der Waals surface area contributed by atoms with Crippen LogP contribution in [0.3, 0.4) is 0 Å². The number of aromatic nitrogens is 3. The number of fused-ring (bicyclic) bond motifs is 1. The summed E-state index contributed by atoms with van der Waals surface area (Å²) in [6.45, 7) is -1.43. The fourth-order valence-electron chi connectivity index (χ4n) is 2.98. The first-order valence-electron chi connectivity index (χ1n) is 9.09. The molecular formula is C21H15F4N5O. The molecule has 0 fully saturated rings. The van der Waals surface area contributed by atoms with Crippen molar-refractivity contribution in [3.8, 4) is 16.8 Å². The minimum atomic E-state index is -4.49. The van der Waals surface area contributed by atoms with E-state index < -0.39 is 18.8 Å². The minimum absolute atomic E-state index is 0.307. The lowest BCUT2D eigenvalue weighted by Gasteiger charge is -2.11. The molecule has 4 aromatic rings. The Morgan fingerprint density at radius 2 is 1.77 bits per heavy atom. The fourth-order valence-corrected chi connectivity index (χ4v) is 2.98. The van der Waals surface area contributed by atoms with Gasteiger partial charge in [0.05, 0.1) is 5.69 Å². The third-order valence-electron chi connectivity index (χ3n) is 4.40. The van der Waals surface area contributed by atoms with E-state index in [-0.39, 0.29) is 5.82 Å². The first-order chi connectivity index (χ1) is 14.8. The molecule has 2 aromatic heterocycles. The smallest absolute Gasteiger partial charge is 0.329 e. The summed E-state index contributed by atoms with van der Waals surface area (Å²) < 4.78 is 51.5. The van der Waals surface area contributed by atoms with Gasteiger partial charge in [0.15, 0.2) is 5.65 Å². The van der Waals surface area contributed by atoms with Crippen LogP contribution in [0.15, 0.2) is 67.1 Å². The highest BCUT2D eigenvalue weighted by molar-refractivity contribution is 5.89. The summed E-state index contributed by atoms with van der Waals surface area (Å²) in [5.74, 6) is -0.331. The van der Waals surface area contributed by atoms with E-state index in [1.165, 1.54) is 12.1 Å². The number of anilines is 1. The van der Waals surface area contributed by atoms with Gasteiger partial charge in [-0.2, -0.15) is 13.2 Å². The van der Waals surface area contributed by atoms with Gasteiger partial charge in [-0.15, -0.1) is 0 Å². The molecule has 0 aliphatic heterocycles. The number of rotatable bonds is 4. The molecule has 0 atom stereocenters. The molecule has 0 spiro atoms. The van der Waals surface area contributed by atoms with E-state index in [9.17, 15) is 22.4 Å². The Bertz CT molecular complexity index is 1230. The van der Waals surface area contributed by atoms with Gasteiger partial charge >= 0.3 is 12.2 Å². The molecule has 0 aliphatic carbocycles. The molecule has 31 heavy (non-hydrogen) atoms. The summed E-state index contributed by atoms with van der Waals surface area (Å²) >= 11 is 0. The van der Waals surface area contributed by atoms with Gasteiger partial charge < -0.3 is 10.6 Å². The predicted molar refractivity (Wildman–Crippen MR) is 107 cm³/mol. The van der Waals surface area contributed by atoms with E-state index in [0.717, 1.165) is 11.1 Å². The zero-order valence-electron chi connectivity index (χ0n) is 15.8. The molecule has 0 aliphatic rings. The second kappa shape index (κ2) is 8.05. The topological polar surface area (TPSA) is 71.8 Å². The number of nitrogens with zero attached hydrogens (tertiary/aromatic N) is 3. The van der Waals surface area contributed by atoms with Crippen molar-refractivity contribution in [3.05, 3.63) is 72.9 Å². The lowest BCUT2D eigenvalue weighted by Crippen LogP contribution is -2.36. The lowest BCUT2D eigenvalue weighted by molar-refractivity contribution is -0.122. The molecule has 2 aromatic carbocycles. The molecule has 158 valence electrons. The zero-order valence-corrected chi connectivity index (χ0v) is 15.8. The molecular weight excluding hydrogens is 414 g/mol. The number of nitrogens with one attached hydrogen (secondary N) is 2. The van der Waals surface area contributed by atoms with E-state index in [1.54, 1.807) is 58.8 Å². The Labute approximate surface area is 173 Å². The van der Waals surface area contributed by atoms with E-state index in [4.69, 9.17) is 0 Å². The normalized spacial score (nSPS) is 11.5. The molecule has 6 nitrogen and oxygen atoms in total. The van der Waals surface area contributed by atoms with Gasteiger partial charge in [0.1, 0.15) is 24.2 Å². The van der Waals surface area contributed by atoms with E-state index >= 15 is 0 Å². The van der Waals surface area contributed by atoms with E-state index in [2.05, 4.69) is 15.3 Å². The number of hydrogen-bond acceptors (Lipinski definition) is 3. The monoisotopic (exact) mass is 429 g/mol. The van der Waals surface area contributed by atoms with Crippen LogP contribution < -0.4 is 10.6 Å². The quantitative estimate of drug-likeness (QED) is 0.453. The number of hydrogen-bond donors (Lipinski definition) is 2. The van der Waals surface area contributed by atoms with E-state index in [1.807, 2.05) is 6.07 Å². The van der Waals surface area contributed by atoms with Crippen molar-refractivity contribution in [1.29, 1.82) is 0 Å². The molecule has 0 radical (unpaired) electrons. The molecule has 0 saturated carbocycles. The number of halogens is 4. The number of imidazole rings is 1. The Kier molecular flexibility index (Phi) is 5.28. The maximum absolute atomic E-state index is 13.1. The van der Waals surface area contributed by atoms with Gasteiger partial charge in [0, 0.05) is 17.4 Å². The number of pyridine rings is 1. The maximum Gasteiger partial charge on any atom is 0.405 e. The molecule has 2 amide bonds. The average molecular weight is 429 g/mol. The summed E-state index contributed by atoms with van der Waals surface area (Å²) in [4.78, 5) is 20.5. The second-order valence-corrected chi connectivity index (χ2v) is 6.66. The van der Waals surface area contributed by atoms with Gasteiger partial charge in [-0.25, -0.2) is 19.2 Å². The van der Waals surface area contributed by atoms with Crippen molar-refractivity contribution in [2.24, 2.45) is 0 Å². The number of amides is 2. The Hall–Kier alpha value is -3.95. The van der Waals surface area contributed by atoms with Crippen molar-refractivity contribution >= 4 is 22.9 Å². The number of benzene rings is 2. The Morgan fingerprint density at radius 1 is 1.00 bits per heavy atom. The number of urea groups is 1. The number of carbonyl (C=O) groups is 1. The Balaban J connectivity index is 1.57.